The standard InChI is InChI=1S/C12H18O2/c1-8(2)11(13)14-12-5-4-10(7-12)9(3)6-12/h9-10H,1,4-7H2,2-3H3. The molecule has 0 N–H and O–H groups in total. The molecular weight excluding hydrogens is 176 g/mol. The van der Waals surface area contributed by atoms with Crippen LogP contribution >= 0.6 is 0 Å². The Labute approximate surface area is 85.3 Å². The predicted molar refractivity (Wildman–Crippen MR) is 54.8 cm³/mol. The van der Waals surface area contributed by atoms with Crippen LogP contribution in [0.1, 0.15) is 39.5 Å². The van der Waals surface area contributed by atoms with Crippen LogP contribution < -0.4 is 0 Å². The van der Waals surface area contributed by atoms with Gasteiger partial charge in [0.1, 0.15) is 5.60 Å². The summed E-state index contributed by atoms with van der Waals surface area (Å²) in [6.45, 7) is 7.60. The van der Waals surface area contributed by atoms with Crippen molar-refractivity contribution in [3.63, 3.8) is 0 Å². The fraction of sp³-hybridized carbons (Fsp3) is 0.750. The van der Waals surface area contributed by atoms with E-state index >= 15 is 0 Å². The molecule has 0 amide bonds. The maximum atomic E-state index is 11.5. The van der Waals surface area contributed by atoms with E-state index in [9.17, 15) is 4.79 Å². The topological polar surface area (TPSA) is 26.3 Å². The van der Waals surface area contributed by atoms with Crippen molar-refractivity contribution in [1.29, 1.82) is 0 Å². The minimum absolute atomic E-state index is 0.125. The number of rotatable bonds is 2. The smallest absolute Gasteiger partial charge is 0.333 e. The lowest BCUT2D eigenvalue weighted by Crippen LogP contribution is -2.31. The van der Waals surface area contributed by atoms with Crippen LogP contribution in [0.3, 0.4) is 0 Å². The van der Waals surface area contributed by atoms with Gasteiger partial charge in [-0.1, -0.05) is 13.5 Å². The predicted octanol–water partition coefficient (Wildman–Crippen LogP) is 2.68. The highest BCUT2D eigenvalue weighted by Gasteiger charge is 2.51. The number of carbonyl (C=O) groups excluding carboxylic acids is 1. The van der Waals surface area contributed by atoms with Crippen molar-refractivity contribution in [3.8, 4) is 0 Å². The zero-order valence-electron chi connectivity index (χ0n) is 9.01. The molecule has 2 fully saturated rings. The van der Waals surface area contributed by atoms with Gasteiger partial charge in [-0.25, -0.2) is 4.79 Å². The molecular formula is C12H18O2. The average Bonchev–Trinajstić information content (AvgIpc) is 2.60. The van der Waals surface area contributed by atoms with Crippen LogP contribution in [-0.2, 0) is 9.53 Å². The lowest BCUT2D eigenvalue weighted by Gasteiger charge is -2.28. The Balaban J connectivity index is 2.04. The highest BCUT2D eigenvalue weighted by molar-refractivity contribution is 5.87. The first-order valence-corrected chi connectivity index (χ1v) is 5.41. The number of esters is 1. The maximum Gasteiger partial charge on any atom is 0.333 e. The fourth-order valence-corrected chi connectivity index (χ4v) is 2.97. The van der Waals surface area contributed by atoms with Gasteiger partial charge >= 0.3 is 5.97 Å². The van der Waals surface area contributed by atoms with Crippen LogP contribution in [0.4, 0.5) is 0 Å². The van der Waals surface area contributed by atoms with Crippen LogP contribution in [0, 0.1) is 11.8 Å². The summed E-state index contributed by atoms with van der Waals surface area (Å²) in [5, 5.41) is 0. The molecule has 0 aliphatic heterocycles. The maximum absolute atomic E-state index is 11.5. The molecule has 2 bridgehead atoms. The molecule has 0 saturated heterocycles. The lowest BCUT2D eigenvalue weighted by atomic mass is 9.89. The van der Waals surface area contributed by atoms with E-state index in [1.54, 1.807) is 6.92 Å². The summed E-state index contributed by atoms with van der Waals surface area (Å²) in [6, 6.07) is 0. The summed E-state index contributed by atoms with van der Waals surface area (Å²) >= 11 is 0. The van der Waals surface area contributed by atoms with Crippen molar-refractivity contribution >= 4 is 5.97 Å². The molecule has 3 atom stereocenters. The molecule has 78 valence electrons. The van der Waals surface area contributed by atoms with Crippen LogP contribution in [0.15, 0.2) is 12.2 Å². The van der Waals surface area contributed by atoms with Crippen molar-refractivity contribution in [2.75, 3.05) is 0 Å². The second-order valence-electron chi connectivity index (χ2n) is 5.04. The first-order chi connectivity index (χ1) is 6.52. The number of ether oxygens (including phenoxy) is 1. The number of hydrogen-bond acceptors (Lipinski definition) is 2. The Kier molecular flexibility index (Phi) is 2.17. The van der Waals surface area contributed by atoms with Crippen molar-refractivity contribution in [2.24, 2.45) is 11.8 Å². The number of carbonyl (C=O) groups is 1. The molecule has 0 radical (unpaired) electrons. The highest BCUT2D eigenvalue weighted by Crippen LogP contribution is 2.53. The SMILES string of the molecule is C=C(C)C(=O)OC12CCC(C1)C(C)C2. The van der Waals surface area contributed by atoms with Crippen LogP contribution in [0.25, 0.3) is 0 Å². The Bertz CT molecular complexity index is 278. The van der Waals surface area contributed by atoms with Gasteiger partial charge in [0.05, 0.1) is 0 Å². The molecule has 0 spiro atoms. The number of fused-ring (bicyclic) bond motifs is 2. The Morgan fingerprint density at radius 3 is 2.64 bits per heavy atom. The van der Waals surface area contributed by atoms with E-state index in [1.165, 1.54) is 6.42 Å². The number of hydrogen-bond donors (Lipinski definition) is 0. The van der Waals surface area contributed by atoms with E-state index < -0.39 is 0 Å². The Morgan fingerprint density at radius 1 is 1.50 bits per heavy atom. The van der Waals surface area contributed by atoms with Crippen LogP contribution in [0.5, 0.6) is 0 Å². The summed E-state index contributed by atoms with van der Waals surface area (Å²) in [5.41, 5.74) is 0.391. The van der Waals surface area contributed by atoms with Crippen molar-refractivity contribution in [1.82, 2.24) is 0 Å². The summed E-state index contributed by atoms with van der Waals surface area (Å²) in [7, 11) is 0. The van der Waals surface area contributed by atoms with Crippen LogP contribution in [0.2, 0.25) is 0 Å². The van der Waals surface area contributed by atoms with E-state index in [1.807, 2.05) is 0 Å². The van der Waals surface area contributed by atoms with Gasteiger partial charge in [0.25, 0.3) is 0 Å². The zero-order valence-corrected chi connectivity index (χ0v) is 9.01. The third-order valence-electron chi connectivity index (χ3n) is 3.76. The minimum Gasteiger partial charge on any atom is -0.456 e. The summed E-state index contributed by atoms with van der Waals surface area (Å²) in [6.07, 6.45) is 4.41. The van der Waals surface area contributed by atoms with Gasteiger partial charge in [-0.05, 0) is 44.4 Å². The second-order valence-corrected chi connectivity index (χ2v) is 5.04. The van der Waals surface area contributed by atoms with E-state index in [-0.39, 0.29) is 11.6 Å². The van der Waals surface area contributed by atoms with Crippen molar-refractivity contribution in [2.45, 2.75) is 45.1 Å². The van der Waals surface area contributed by atoms with Crippen molar-refractivity contribution < 1.29 is 9.53 Å². The van der Waals surface area contributed by atoms with Gasteiger partial charge in [0.2, 0.25) is 0 Å². The normalized spacial score (nSPS) is 39.9. The highest BCUT2D eigenvalue weighted by atomic mass is 16.6. The quantitative estimate of drug-likeness (QED) is 0.499. The molecule has 0 heterocycles. The third kappa shape index (κ3) is 1.47. The third-order valence-corrected chi connectivity index (χ3v) is 3.76. The van der Waals surface area contributed by atoms with Gasteiger partial charge in [-0.3, -0.25) is 0 Å². The molecule has 0 aromatic rings. The van der Waals surface area contributed by atoms with Gasteiger partial charge in [0.15, 0.2) is 0 Å². The summed E-state index contributed by atoms with van der Waals surface area (Å²) in [5.74, 6) is 1.30. The summed E-state index contributed by atoms with van der Waals surface area (Å²) in [4.78, 5) is 11.5. The minimum atomic E-state index is -0.209. The summed E-state index contributed by atoms with van der Waals surface area (Å²) < 4.78 is 5.58. The first kappa shape index (κ1) is 9.75. The lowest BCUT2D eigenvalue weighted by molar-refractivity contribution is -0.154. The molecule has 2 aliphatic rings. The molecule has 0 aromatic carbocycles. The van der Waals surface area contributed by atoms with E-state index in [0.717, 1.165) is 31.1 Å². The molecule has 2 heteroatoms. The fourth-order valence-electron chi connectivity index (χ4n) is 2.97. The Morgan fingerprint density at radius 2 is 2.21 bits per heavy atom. The van der Waals surface area contributed by atoms with Gasteiger partial charge in [-0.2, -0.15) is 0 Å². The van der Waals surface area contributed by atoms with Gasteiger partial charge in [0, 0.05) is 5.57 Å². The van der Waals surface area contributed by atoms with E-state index in [2.05, 4.69) is 13.5 Å². The van der Waals surface area contributed by atoms with Crippen LogP contribution in [-0.4, -0.2) is 11.6 Å². The molecule has 2 aliphatic carbocycles. The zero-order chi connectivity index (χ0) is 10.3. The van der Waals surface area contributed by atoms with Gasteiger partial charge in [-0.15, -0.1) is 0 Å². The molecule has 3 unspecified atom stereocenters. The van der Waals surface area contributed by atoms with Gasteiger partial charge < -0.3 is 4.74 Å². The molecule has 14 heavy (non-hydrogen) atoms. The van der Waals surface area contributed by atoms with E-state index in [4.69, 9.17) is 4.74 Å². The average molecular weight is 194 g/mol. The largest absolute Gasteiger partial charge is 0.456 e. The molecule has 2 saturated carbocycles. The molecule has 0 aromatic heterocycles. The Hall–Kier alpha value is -0.790. The monoisotopic (exact) mass is 194 g/mol. The van der Waals surface area contributed by atoms with E-state index in [0.29, 0.717) is 5.57 Å². The first-order valence-electron chi connectivity index (χ1n) is 5.41. The molecule has 2 rings (SSSR count). The second kappa shape index (κ2) is 3.11. The van der Waals surface area contributed by atoms with Crippen molar-refractivity contribution in [3.05, 3.63) is 12.2 Å². The molecule has 2 nitrogen and oxygen atoms in total.